The molecule has 0 unspecified atom stereocenters. The molecule has 4 rings (SSSR count). The third kappa shape index (κ3) is 3.18. The van der Waals surface area contributed by atoms with Crippen molar-refractivity contribution >= 4 is 22.4 Å². The molecule has 2 aromatic rings. The quantitative estimate of drug-likeness (QED) is 0.929. The lowest BCUT2D eigenvalue weighted by Crippen LogP contribution is -2.27. The smallest absolute Gasteiger partial charge is 0.143 e. The van der Waals surface area contributed by atoms with Crippen LogP contribution in [0.4, 0.5) is 5.82 Å². The van der Waals surface area contributed by atoms with Crippen molar-refractivity contribution in [1.29, 1.82) is 0 Å². The average molecular weight is 326 g/mol. The van der Waals surface area contributed by atoms with Gasteiger partial charge in [0.15, 0.2) is 0 Å². The van der Waals surface area contributed by atoms with E-state index in [1.54, 1.807) is 6.33 Å². The Hall–Kier alpha value is -1.88. The van der Waals surface area contributed by atoms with Crippen molar-refractivity contribution in [3.63, 3.8) is 0 Å². The number of fused-ring (bicyclic) bond motifs is 1. The molecule has 1 N–H and O–H groups in total. The fourth-order valence-electron chi connectivity index (χ4n) is 4.02. The summed E-state index contributed by atoms with van der Waals surface area (Å²) in [7, 11) is 2.16. The zero-order valence-corrected chi connectivity index (χ0v) is 14.4. The first-order valence-electron chi connectivity index (χ1n) is 9.13. The van der Waals surface area contributed by atoms with Gasteiger partial charge in [0.1, 0.15) is 17.8 Å². The number of H-pyrrole nitrogens is 1. The molecule has 0 aromatic carbocycles. The molecule has 1 aliphatic carbocycles. The van der Waals surface area contributed by atoms with E-state index in [1.807, 2.05) is 0 Å². The van der Waals surface area contributed by atoms with Crippen LogP contribution in [-0.2, 0) is 4.74 Å². The second-order valence-electron chi connectivity index (χ2n) is 7.08. The van der Waals surface area contributed by atoms with E-state index in [4.69, 9.17) is 4.74 Å². The van der Waals surface area contributed by atoms with Crippen molar-refractivity contribution in [2.75, 3.05) is 31.7 Å². The highest BCUT2D eigenvalue weighted by atomic mass is 16.5. The first kappa shape index (κ1) is 15.6. The van der Waals surface area contributed by atoms with Gasteiger partial charge in [-0.25, -0.2) is 9.97 Å². The lowest BCUT2D eigenvalue weighted by Gasteiger charge is -2.27. The molecule has 0 radical (unpaired) electrons. The number of aromatic amines is 1. The largest absolute Gasteiger partial charge is 0.377 e. The molecule has 1 aliphatic heterocycles. The van der Waals surface area contributed by atoms with Crippen LogP contribution >= 0.6 is 0 Å². The molecule has 1 saturated carbocycles. The second-order valence-corrected chi connectivity index (χ2v) is 7.08. The van der Waals surface area contributed by atoms with Gasteiger partial charge in [0, 0.05) is 19.3 Å². The SMILES string of the molecule is CN(CC1CCCCC1)c1ncnc2[nH]c(C3=CCOCC3)cc12. The van der Waals surface area contributed by atoms with Gasteiger partial charge in [-0.15, -0.1) is 0 Å². The highest BCUT2D eigenvalue weighted by molar-refractivity contribution is 5.90. The van der Waals surface area contributed by atoms with Crippen molar-refractivity contribution < 1.29 is 4.74 Å². The van der Waals surface area contributed by atoms with Gasteiger partial charge in [-0.1, -0.05) is 25.3 Å². The zero-order valence-electron chi connectivity index (χ0n) is 14.4. The standard InChI is InChI=1S/C19H26N4O/c1-23(12-14-5-3-2-4-6-14)19-16-11-17(15-7-9-24-10-8-15)22-18(16)20-13-21-19/h7,11,13-14H,2-6,8-10,12H2,1H3,(H,20,21,22). The van der Waals surface area contributed by atoms with E-state index < -0.39 is 0 Å². The van der Waals surface area contributed by atoms with Crippen LogP contribution in [0.15, 0.2) is 18.5 Å². The minimum atomic E-state index is 0.699. The molecule has 2 aliphatic rings. The third-order valence-electron chi connectivity index (χ3n) is 5.33. The van der Waals surface area contributed by atoms with E-state index in [-0.39, 0.29) is 0 Å². The first-order chi connectivity index (χ1) is 11.8. The summed E-state index contributed by atoms with van der Waals surface area (Å²) in [6, 6.07) is 2.21. The van der Waals surface area contributed by atoms with Gasteiger partial charge in [0.2, 0.25) is 0 Å². The summed E-state index contributed by atoms with van der Waals surface area (Å²) >= 11 is 0. The first-order valence-corrected chi connectivity index (χ1v) is 9.13. The van der Waals surface area contributed by atoms with Crippen LogP contribution in [0, 0.1) is 5.92 Å². The molecule has 0 bridgehead atoms. The van der Waals surface area contributed by atoms with Gasteiger partial charge in [0.05, 0.1) is 18.6 Å². The molecule has 128 valence electrons. The normalized spacial score (nSPS) is 19.5. The summed E-state index contributed by atoms with van der Waals surface area (Å²) in [5.41, 5.74) is 3.40. The van der Waals surface area contributed by atoms with Gasteiger partial charge in [-0.05, 0) is 36.8 Å². The van der Waals surface area contributed by atoms with E-state index in [2.05, 4.69) is 39.0 Å². The predicted molar refractivity (Wildman–Crippen MR) is 97.1 cm³/mol. The number of aromatic nitrogens is 3. The van der Waals surface area contributed by atoms with Gasteiger partial charge in [-0.3, -0.25) is 0 Å². The fraction of sp³-hybridized carbons (Fsp3) is 0.579. The molecule has 1 fully saturated rings. The fourth-order valence-corrected chi connectivity index (χ4v) is 4.02. The highest BCUT2D eigenvalue weighted by Crippen LogP contribution is 2.30. The van der Waals surface area contributed by atoms with Crippen molar-refractivity contribution in [2.24, 2.45) is 5.92 Å². The number of anilines is 1. The van der Waals surface area contributed by atoms with Crippen molar-refractivity contribution in [3.05, 3.63) is 24.2 Å². The number of nitrogens with one attached hydrogen (secondary N) is 1. The summed E-state index contributed by atoms with van der Waals surface area (Å²) in [5, 5.41) is 1.12. The molecule has 0 amide bonds. The molecule has 24 heavy (non-hydrogen) atoms. The Kier molecular flexibility index (Phi) is 4.52. The van der Waals surface area contributed by atoms with Crippen molar-refractivity contribution in [3.8, 4) is 0 Å². The molecule has 5 nitrogen and oxygen atoms in total. The predicted octanol–water partition coefficient (Wildman–Crippen LogP) is 3.78. The van der Waals surface area contributed by atoms with Crippen LogP contribution in [0.5, 0.6) is 0 Å². The van der Waals surface area contributed by atoms with Crippen LogP contribution in [0.2, 0.25) is 0 Å². The van der Waals surface area contributed by atoms with Crippen LogP contribution in [0.3, 0.4) is 0 Å². The lowest BCUT2D eigenvalue weighted by molar-refractivity contribution is 0.161. The summed E-state index contributed by atoms with van der Waals surface area (Å²) in [5.74, 6) is 1.84. The summed E-state index contributed by atoms with van der Waals surface area (Å²) in [6.45, 7) is 2.58. The third-order valence-corrected chi connectivity index (χ3v) is 5.33. The maximum Gasteiger partial charge on any atom is 0.143 e. The Balaban J connectivity index is 1.60. The van der Waals surface area contributed by atoms with Crippen LogP contribution < -0.4 is 4.90 Å². The molecule has 5 heteroatoms. The van der Waals surface area contributed by atoms with Gasteiger partial charge >= 0.3 is 0 Å². The maximum absolute atomic E-state index is 5.42. The minimum Gasteiger partial charge on any atom is -0.377 e. The molecule has 0 saturated heterocycles. The highest BCUT2D eigenvalue weighted by Gasteiger charge is 2.19. The maximum atomic E-state index is 5.42. The van der Waals surface area contributed by atoms with Crippen LogP contribution in [0.25, 0.3) is 16.6 Å². The van der Waals surface area contributed by atoms with Gasteiger partial charge in [-0.2, -0.15) is 0 Å². The monoisotopic (exact) mass is 326 g/mol. The van der Waals surface area contributed by atoms with E-state index >= 15 is 0 Å². The number of rotatable bonds is 4. The number of hydrogen-bond donors (Lipinski definition) is 1. The molecule has 0 spiro atoms. The molecule has 0 atom stereocenters. The summed E-state index contributed by atoms with van der Waals surface area (Å²) in [4.78, 5) is 14.8. The number of ether oxygens (including phenoxy) is 1. The van der Waals surface area contributed by atoms with Crippen LogP contribution in [-0.4, -0.2) is 41.8 Å². The average Bonchev–Trinajstić information content (AvgIpc) is 3.07. The Morgan fingerprint density at radius 2 is 2.12 bits per heavy atom. The van der Waals surface area contributed by atoms with Crippen LogP contribution in [0.1, 0.15) is 44.2 Å². The lowest BCUT2D eigenvalue weighted by atomic mass is 9.89. The van der Waals surface area contributed by atoms with Crippen molar-refractivity contribution in [2.45, 2.75) is 38.5 Å². The molecule has 3 heterocycles. The summed E-state index contributed by atoms with van der Waals surface area (Å²) in [6.07, 6.45) is 11.6. The van der Waals surface area contributed by atoms with Crippen molar-refractivity contribution in [1.82, 2.24) is 15.0 Å². The van der Waals surface area contributed by atoms with E-state index in [0.717, 1.165) is 48.0 Å². The minimum absolute atomic E-state index is 0.699. The Bertz CT molecular complexity index is 730. The number of nitrogens with zero attached hydrogens (tertiary/aromatic N) is 3. The number of hydrogen-bond acceptors (Lipinski definition) is 4. The van der Waals surface area contributed by atoms with Gasteiger partial charge in [0.25, 0.3) is 0 Å². The molecular formula is C19H26N4O. The van der Waals surface area contributed by atoms with Gasteiger partial charge < -0.3 is 14.6 Å². The summed E-state index contributed by atoms with van der Waals surface area (Å²) < 4.78 is 5.42. The Morgan fingerprint density at radius 1 is 1.25 bits per heavy atom. The van der Waals surface area contributed by atoms with E-state index in [1.165, 1.54) is 37.7 Å². The topological polar surface area (TPSA) is 54.0 Å². The Labute approximate surface area is 143 Å². The molecule has 2 aromatic heterocycles. The Morgan fingerprint density at radius 3 is 2.92 bits per heavy atom. The van der Waals surface area contributed by atoms with E-state index in [9.17, 15) is 0 Å². The molecular weight excluding hydrogens is 300 g/mol. The van der Waals surface area contributed by atoms with E-state index in [0.29, 0.717) is 6.61 Å². The second kappa shape index (κ2) is 6.93. The zero-order chi connectivity index (χ0) is 16.4.